The number of isothiocyanates is 1. The lowest BCUT2D eigenvalue weighted by molar-refractivity contribution is -0.001000. The van der Waals surface area contributed by atoms with Crippen LogP contribution >= 0.6 is 12.2 Å². The lowest BCUT2D eigenvalue weighted by atomic mass is 9.87. The van der Waals surface area contributed by atoms with Gasteiger partial charge in [-0.2, -0.15) is 4.99 Å². The second-order valence-corrected chi connectivity index (χ2v) is 35.2. The summed E-state index contributed by atoms with van der Waals surface area (Å²) >= 11 is 4.59. The molecule has 148 heavy (non-hydrogen) atoms. The number of esters is 2. The van der Waals surface area contributed by atoms with Crippen molar-refractivity contribution in [1.82, 2.24) is 9.15 Å². The Kier molecular flexibility index (Phi) is 34.5. The normalized spacial score (nSPS) is 11.1. The number of hydrogen-bond donors (Lipinski definition) is 6. The fraction of sp³-hybridized carbons (Fsp3) is 0.150. The van der Waals surface area contributed by atoms with Crippen molar-refractivity contribution in [2.45, 2.75) is 60.8 Å². The maximum atomic E-state index is 12.9. The third-order valence-electron chi connectivity index (χ3n) is 25.0. The van der Waals surface area contributed by atoms with Crippen LogP contribution in [-0.2, 0) is 15.9 Å². The lowest BCUT2D eigenvalue weighted by Gasteiger charge is -2.24. The molecule has 6 N–H and O–H groups in total. The number of fused-ring (bicyclic) bond motifs is 10. The summed E-state index contributed by atoms with van der Waals surface area (Å²) in [6.45, 7) is 12.9. The summed E-state index contributed by atoms with van der Waals surface area (Å²) in [7, 11) is 13.8. The average Bonchev–Trinajstić information content (AvgIpc) is 0.742. The average molecular weight is 2060 g/mol. The fourth-order valence-corrected chi connectivity index (χ4v) is 18.2. The second-order valence-electron chi connectivity index (χ2n) is 35.1. The minimum absolute atomic E-state index is 0. The highest BCUT2D eigenvalue weighted by Gasteiger charge is 2.31. The molecule has 11 aromatic rings. The minimum atomic E-state index is -1.14. The number of aromatic hydroxyl groups is 2. The molecule has 0 aromatic heterocycles. The molecule has 0 saturated carbocycles. The van der Waals surface area contributed by atoms with E-state index in [1.54, 1.807) is 66.7 Å². The van der Waals surface area contributed by atoms with E-state index in [1.807, 2.05) is 186 Å². The number of phenolic OH excluding ortho intramolecular Hbond substituents is 2. The minimum Gasteiger partial charge on any atom is -1.00 e. The summed E-state index contributed by atoms with van der Waals surface area (Å²) in [5.41, 5.74) is 20.8. The van der Waals surface area contributed by atoms with Gasteiger partial charge in [-0.15, -0.1) is 0 Å². The molecule has 0 amide bonds. The van der Waals surface area contributed by atoms with Crippen LogP contribution in [0.3, 0.4) is 0 Å². The highest BCUT2D eigenvalue weighted by atomic mass is 35.5. The molecule has 5 aliphatic heterocycles. The van der Waals surface area contributed by atoms with Crippen molar-refractivity contribution in [3.8, 4) is 113 Å². The van der Waals surface area contributed by atoms with Crippen molar-refractivity contribution in [3.63, 3.8) is 0 Å². The predicted molar refractivity (Wildman–Crippen MR) is 573 cm³/mol. The first kappa shape index (κ1) is 108. The van der Waals surface area contributed by atoms with Gasteiger partial charge in [0.1, 0.15) is 96.6 Å². The molecule has 750 valence electrons. The smallest absolute Gasteiger partial charge is 0.338 e. The SMILES string of the molecule is CC/C=c1/cc2c(cc1C)=C(c1ccccc1C(=O)OCC)c1cc(C)c(CCC)cc1O2.CCOC(=O)c1ccccc1-c1c2ccc(=[N+](C)C)cc-2oc2cc(N(C)C)ccc12.CNc1ccc2c(-c3ccccc3C(=O)O)c3ccc(=[N+](C)C)cc-3oc2c1.O=C(O)c1cc(N=C=S)ccc1-c1c2ccc(=O)cc-2oc2cc(O)ccc12.O=C(O)c1ccccc1-c1c2ccc(=O)cc-2oc2cc(O)ccc12.[Cl-].[Cl-].[Cl-]. The second kappa shape index (κ2) is 47.2. The first-order chi connectivity index (χ1) is 69.9. The molecule has 0 atom stereocenters. The molecule has 5 heterocycles. The van der Waals surface area contributed by atoms with Gasteiger partial charge in [0.25, 0.3) is 0 Å². The molecule has 11 aromatic carbocycles. The van der Waals surface area contributed by atoms with Gasteiger partial charge in [-0.25, -0.2) is 33.1 Å². The largest absolute Gasteiger partial charge is 1.00 e. The van der Waals surface area contributed by atoms with Crippen LogP contribution in [0.15, 0.2) is 317 Å². The third kappa shape index (κ3) is 22.7. The fourth-order valence-electron chi connectivity index (χ4n) is 18.1. The van der Waals surface area contributed by atoms with Crippen LogP contribution < -0.4 is 93.3 Å². The van der Waals surface area contributed by atoms with Crippen LogP contribution in [0.5, 0.6) is 23.0 Å². The van der Waals surface area contributed by atoms with Crippen molar-refractivity contribution >= 4 is 120 Å². The van der Waals surface area contributed by atoms with E-state index in [1.165, 1.54) is 82.6 Å². The number of hydrogen-bond acceptors (Lipinski definition) is 20. The summed E-state index contributed by atoms with van der Waals surface area (Å²) in [6.07, 6.45) is 5.26. The molecule has 28 heteroatoms. The van der Waals surface area contributed by atoms with E-state index < -0.39 is 17.9 Å². The van der Waals surface area contributed by atoms with E-state index in [0.717, 1.165) is 125 Å². The Hall–Kier alpha value is -17.1. The molecule has 4 aliphatic carbocycles. The molecule has 0 saturated heterocycles. The highest BCUT2D eigenvalue weighted by molar-refractivity contribution is 7.78. The molecule has 0 radical (unpaired) electrons. The molecule has 24 nitrogen and oxygen atoms in total. The maximum absolute atomic E-state index is 12.9. The van der Waals surface area contributed by atoms with Crippen LogP contribution in [0, 0.1) is 13.8 Å². The number of carboxylic acid groups (broad SMARTS) is 3. The number of anilines is 2. The Bertz CT molecular complexity index is 8750. The number of carbonyl (C=O) groups is 5. The van der Waals surface area contributed by atoms with Gasteiger partial charge in [-0.3, -0.25) is 9.59 Å². The number of carbonyl (C=O) groups excluding carboxylic acids is 2. The number of carboxylic acids is 3. The number of benzene rings is 15. The van der Waals surface area contributed by atoms with Crippen LogP contribution in [0.2, 0.25) is 0 Å². The zero-order chi connectivity index (χ0) is 103. The summed E-state index contributed by atoms with van der Waals surface area (Å²) in [5.74, 6) is 0.0185. The quantitative estimate of drug-likeness (QED) is 0.0153. The number of nitrogens with one attached hydrogen (secondary N) is 1. The van der Waals surface area contributed by atoms with Crippen LogP contribution in [-0.4, -0.2) is 123 Å². The summed E-state index contributed by atoms with van der Waals surface area (Å²) in [4.78, 5) is 90.5. The van der Waals surface area contributed by atoms with Gasteiger partial charge >= 0.3 is 29.8 Å². The first-order valence-corrected chi connectivity index (χ1v) is 47.4. The number of thiocarbonyl (C=S) groups is 1. The van der Waals surface area contributed by atoms with Gasteiger partial charge < -0.3 is 105 Å². The lowest BCUT2D eigenvalue weighted by Crippen LogP contribution is -3.00. The van der Waals surface area contributed by atoms with E-state index in [9.17, 15) is 59.1 Å². The van der Waals surface area contributed by atoms with Crippen molar-refractivity contribution in [3.05, 3.63) is 382 Å². The van der Waals surface area contributed by atoms with Gasteiger partial charge in [0.15, 0.2) is 10.9 Å². The number of aromatic carboxylic acids is 3. The molecule has 20 rings (SSSR count). The monoisotopic (exact) mass is 2050 g/mol. The van der Waals surface area contributed by atoms with E-state index in [2.05, 4.69) is 110 Å². The molecule has 9 aliphatic rings. The maximum Gasteiger partial charge on any atom is 0.338 e. The Morgan fingerprint density at radius 1 is 0.426 bits per heavy atom. The number of rotatable bonds is 18. The zero-order valence-electron chi connectivity index (χ0n) is 83.0. The number of halogens is 3. The number of phenols is 2. The van der Waals surface area contributed by atoms with Crippen molar-refractivity contribution in [2.75, 3.05) is 72.8 Å². The van der Waals surface area contributed by atoms with E-state index in [0.29, 0.717) is 108 Å². The molecule has 0 bridgehead atoms. The third-order valence-corrected chi connectivity index (χ3v) is 25.1. The molecular formula is C120H103Cl3N5O19S-. The molecule has 0 unspecified atom stereocenters. The zero-order valence-corrected chi connectivity index (χ0v) is 86.1. The topological polar surface area (TPSA) is 335 Å². The van der Waals surface area contributed by atoms with Crippen molar-refractivity contribution in [2.24, 2.45) is 4.99 Å². The van der Waals surface area contributed by atoms with Gasteiger partial charge in [-0.05, 0) is 248 Å². The summed E-state index contributed by atoms with van der Waals surface area (Å²) in [5, 5.41) is 61.2. The van der Waals surface area contributed by atoms with Gasteiger partial charge in [0, 0.05) is 163 Å². The van der Waals surface area contributed by atoms with Crippen LogP contribution in [0.25, 0.3) is 145 Å². The molecule has 0 fully saturated rings. The Morgan fingerprint density at radius 2 is 0.838 bits per heavy atom. The highest BCUT2D eigenvalue weighted by Crippen LogP contribution is 2.49. The Labute approximate surface area is 875 Å². The van der Waals surface area contributed by atoms with Crippen LogP contribution in [0.4, 0.5) is 17.1 Å². The predicted octanol–water partition coefficient (Wildman–Crippen LogP) is 14.1. The van der Waals surface area contributed by atoms with E-state index in [4.69, 9.17) is 31.9 Å². The van der Waals surface area contributed by atoms with Crippen molar-refractivity contribution in [1.29, 1.82) is 0 Å². The van der Waals surface area contributed by atoms with Crippen LogP contribution in [0.1, 0.15) is 120 Å². The van der Waals surface area contributed by atoms with Gasteiger partial charge in [0.05, 0.1) is 64.0 Å². The van der Waals surface area contributed by atoms with E-state index >= 15 is 0 Å². The Morgan fingerprint density at radius 3 is 1.28 bits per heavy atom. The van der Waals surface area contributed by atoms with E-state index in [-0.39, 0.29) is 94.0 Å². The van der Waals surface area contributed by atoms with Gasteiger partial charge in [0.2, 0.25) is 10.7 Å². The summed E-state index contributed by atoms with van der Waals surface area (Å²) < 4.78 is 45.4. The number of aliphatic imine (C=N–C) groups is 1. The Balaban J connectivity index is 0.000000154. The standard InChI is InChI=1S/C30H32O3.C26H27N2O3.C23H20N2O3.C21H11NO5S.C20H12O5.3ClH/c1-6-11-21-17-27-25(15-19(21)4)29(23-13-9-10-14-24(23)30(31)32-8-3)26-16-20(5)22(12-7-2)18-28(26)33-27;1-6-30-26(29)20-10-8-7-9-19(20)25-21-13-11-17(27(2)3)15-23(21)31-24-16-18(28(4)5)12-14-22(24)25;1-24-14-8-10-18-20(12-14)28-21-13-15(25(2)3)9-11-19(21)22(18)16-6-4-5-7-17(16)23(26)27;23-12-2-5-15-18(8-12)27-19-9-13(24)3-6-16(19)20(15)14-4-1-11(22-10-28)7-17(14)21(25)26;21-11-5-7-15-17(9-11)25-18-10-12(22)6-8-16(18)19(15)13-3-1-2-4-14(13)20(23)24;;;/h9-11,13-18H,6-8,12H2,1-5H3;7-16H,6H2,1-5H3;4-13H,1-3H3,(H,26,27);1-9,23H,(H,25,26);1-10,21H,(H,23,24);3*1H/q;+1;;;;;;/p-2/b21-11-;;;;;;;. The summed E-state index contributed by atoms with van der Waals surface area (Å²) in [6, 6.07) is 84.5. The molecular weight excluding hydrogens is 1950 g/mol. The first-order valence-electron chi connectivity index (χ1n) is 47.0. The number of ether oxygens (including phenoxy) is 3. The number of aryl methyl sites for hydroxylation is 3. The van der Waals surface area contributed by atoms with Crippen molar-refractivity contribution < 1.29 is 119 Å². The number of nitrogens with zero attached hydrogens (tertiary/aromatic N) is 4. The van der Waals surface area contributed by atoms with Gasteiger partial charge in [-0.1, -0.05) is 105 Å². The molecule has 0 spiro atoms.